The van der Waals surface area contributed by atoms with E-state index in [1.54, 1.807) is 12.1 Å². The lowest BCUT2D eigenvalue weighted by atomic mass is 10.1. The van der Waals surface area contributed by atoms with Crippen LogP contribution < -0.4 is 10.6 Å². The Bertz CT molecular complexity index is 838. The van der Waals surface area contributed by atoms with E-state index in [4.69, 9.17) is 0 Å². The van der Waals surface area contributed by atoms with Crippen molar-refractivity contribution in [1.82, 2.24) is 15.5 Å². The molecule has 1 aromatic heterocycles. The number of benzene rings is 2. The van der Waals surface area contributed by atoms with Crippen molar-refractivity contribution < 1.29 is 4.79 Å². The van der Waals surface area contributed by atoms with E-state index in [2.05, 4.69) is 36.8 Å². The minimum atomic E-state index is -0.226. The van der Waals surface area contributed by atoms with Crippen LogP contribution >= 0.6 is 15.9 Å². The van der Waals surface area contributed by atoms with Gasteiger partial charge in [-0.1, -0.05) is 42.5 Å². The van der Waals surface area contributed by atoms with Gasteiger partial charge in [-0.25, -0.2) is 0 Å². The Labute approximate surface area is 154 Å². The highest BCUT2D eigenvalue weighted by molar-refractivity contribution is 9.10. The molecule has 6 heteroatoms. The number of halogens is 1. The molecule has 0 atom stereocenters. The summed E-state index contributed by atoms with van der Waals surface area (Å²) >= 11 is 3.46. The Morgan fingerprint density at radius 3 is 2.40 bits per heavy atom. The minimum absolute atomic E-state index is 0.226. The van der Waals surface area contributed by atoms with E-state index in [9.17, 15) is 4.79 Å². The second-order valence-corrected chi connectivity index (χ2v) is 6.25. The quantitative estimate of drug-likeness (QED) is 0.661. The molecule has 0 aliphatic carbocycles. The van der Waals surface area contributed by atoms with Crippen LogP contribution in [0.25, 0.3) is 0 Å². The maximum absolute atomic E-state index is 12.1. The topological polar surface area (TPSA) is 66.9 Å². The predicted molar refractivity (Wildman–Crippen MR) is 102 cm³/mol. The van der Waals surface area contributed by atoms with Gasteiger partial charge < -0.3 is 10.6 Å². The fourth-order valence-corrected chi connectivity index (χ4v) is 2.66. The van der Waals surface area contributed by atoms with Crippen LogP contribution in [-0.2, 0) is 6.42 Å². The van der Waals surface area contributed by atoms with Crippen LogP contribution in [0.3, 0.4) is 0 Å². The molecule has 126 valence electrons. The third-order valence-corrected chi connectivity index (χ3v) is 4.27. The molecule has 0 spiro atoms. The Kier molecular flexibility index (Phi) is 5.74. The third-order valence-electron chi connectivity index (χ3n) is 3.58. The molecule has 1 heterocycles. The molecule has 0 fully saturated rings. The summed E-state index contributed by atoms with van der Waals surface area (Å²) < 4.78 is 0.930. The maximum Gasteiger partial charge on any atom is 0.271 e. The molecule has 25 heavy (non-hydrogen) atoms. The lowest BCUT2D eigenvalue weighted by molar-refractivity contribution is 0.0948. The summed E-state index contributed by atoms with van der Waals surface area (Å²) in [6.45, 7) is 0.557. The number of hydrogen-bond acceptors (Lipinski definition) is 4. The van der Waals surface area contributed by atoms with Crippen LogP contribution in [0, 0.1) is 0 Å². The number of para-hydroxylation sites is 1. The Morgan fingerprint density at radius 1 is 0.920 bits per heavy atom. The molecule has 1 amide bonds. The summed E-state index contributed by atoms with van der Waals surface area (Å²) in [5.41, 5.74) is 2.37. The number of hydrogen-bond donors (Lipinski definition) is 2. The van der Waals surface area contributed by atoms with Crippen molar-refractivity contribution in [3.05, 3.63) is 82.5 Å². The Morgan fingerprint density at radius 2 is 1.68 bits per heavy atom. The van der Waals surface area contributed by atoms with E-state index < -0.39 is 0 Å². The summed E-state index contributed by atoms with van der Waals surface area (Å²) in [7, 11) is 0. The van der Waals surface area contributed by atoms with E-state index in [0.717, 1.165) is 16.6 Å². The lowest BCUT2D eigenvalue weighted by Crippen LogP contribution is -2.26. The largest absolute Gasteiger partial charge is 0.350 e. The molecule has 0 bridgehead atoms. The van der Waals surface area contributed by atoms with E-state index in [0.29, 0.717) is 18.1 Å². The van der Waals surface area contributed by atoms with Crippen LogP contribution in [0.5, 0.6) is 0 Å². The van der Waals surface area contributed by atoms with E-state index in [1.807, 2.05) is 54.6 Å². The molecule has 3 rings (SSSR count). The standard InChI is InChI=1S/C19H17BrN4O/c20-15-8-4-5-9-16(15)22-18-11-10-17(23-24-18)19(25)21-13-12-14-6-2-1-3-7-14/h1-11H,12-13H2,(H,21,25)(H,22,24). The van der Waals surface area contributed by atoms with Gasteiger partial charge in [0, 0.05) is 11.0 Å². The second kappa shape index (κ2) is 8.39. The molecular weight excluding hydrogens is 380 g/mol. The maximum atomic E-state index is 12.1. The molecule has 0 saturated carbocycles. The number of rotatable bonds is 6. The number of nitrogens with one attached hydrogen (secondary N) is 2. The van der Waals surface area contributed by atoms with Gasteiger partial charge in [0.1, 0.15) is 0 Å². The molecule has 2 N–H and O–H groups in total. The van der Waals surface area contributed by atoms with E-state index in [-0.39, 0.29) is 5.91 Å². The molecular formula is C19H17BrN4O. The van der Waals surface area contributed by atoms with Crippen molar-refractivity contribution in [3.8, 4) is 0 Å². The smallest absolute Gasteiger partial charge is 0.271 e. The SMILES string of the molecule is O=C(NCCc1ccccc1)c1ccc(Nc2ccccc2Br)nn1. The summed E-state index contributed by atoms with van der Waals surface area (Å²) in [6.07, 6.45) is 0.779. The van der Waals surface area contributed by atoms with Gasteiger partial charge in [0.15, 0.2) is 11.5 Å². The number of aromatic nitrogens is 2. The van der Waals surface area contributed by atoms with Crippen LogP contribution in [0.2, 0.25) is 0 Å². The van der Waals surface area contributed by atoms with Crippen LogP contribution in [0.4, 0.5) is 11.5 Å². The van der Waals surface area contributed by atoms with Gasteiger partial charge in [-0.05, 0) is 52.2 Å². The Hall–Kier alpha value is -2.73. The van der Waals surface area contributed by atoms with Crippen molar-refractivity contribution in [2.75, 3.05) is 11.9 Å². The number of nitrogens with zero attached hydrogens (tertiary/aromatic N) is 2. The van der Waals surface area contributed by atoms with Gasteiger partial charge in [-0.2, -0.15) is 0 Å². The summed E-state index contributed by atoms with van der Waals surface area (Å²) in [5, 5.41) is 14.1. The minimum Gasteiger partial charge on any atom is -0.350 e. The molecule has 2 aromatic carbocycles. The highest BCUT2D eigenvalue weighted by Gasteiger charge is 2.08. The average molecular weight is 397 g/mol. The lowest BCUT2D eigenvalue weighted by Gasteiger charge is -2.08. The predicted octanol–water partition coefficient (Wildman–Crippen LogP) is 3.96. The summed E-state index contributed by atoms with van der Waals surface area (Å²) in [4.78, 5) is 12.1. The zero-order valence-corrected chi connectivity index (χ0v) is 15.0. The number of carbonyl (C=O) groups excluding carboxylic acids is 1. The fraction of sp³-hybridized carbons (Fsp3) is 0.105. The van der Waals surface area contributed by atoms with Crippen molar-refractivity contribution >= 4 is 33.3 Å². The van der Waals surface area contributed by atoms with Crippen molar-refractivity contribution in [1.29, 1.82) is 0 Å². The van der Waals surface area contributed by atoms with Crippen LogP contribution in [0.1, 0.15) is 16.1 Å². The zero-order chi connectivity index (χ0) is 17.5. The highest BCUT2D eigenvalue weighted by Crippen LogP contribution is 2.24. The molecule has 0 aliphatic rings. The first-order valence-corrected chi connectivity index (χ1v) is 8.69. The van der Waals surface area contributed by atoms with E-state index >= 15 is 0 Å². The normalized spacial score (nSPS) is 10.3. The van der Waals surface area contributed by atoms with Crippen molar-refractivity contribution in [2.24, 2.45) is 0 Å². The second-order valence-electron chi connectivity index (χ2n) is 5.40. The van der Waals surface area contributed by atoms with Crippen molar-refractivity contribution in [3.63, 3.8) is 0 Å². The molecule has 0 saturated heterocycles. The van der Waals surface area contributed by atoms with E-state index in [1.165, 1.54) is 5.56 Å². The number of amides is 1. The van der Waals surface area contributed by atoms with Gasteiger partial charge in [0.25, 0.3) is 5.91 Å². The summed E-state index contributed by atoms with van der Waals surface area (Å²) in [5.74, 6) is 0.351. The summed E-state index contributed by atoms with van der Waals surface area (Å²) in [6, 6.07) is 21.1. The molecule has 0 radical (unpaired) electrons. The molecule has 0 aliphatic heterocycles. The van der Waals surface area contributed by atoms with Gasteiger partial charge in [-0.15, -0.1) is 10.2 Å². The zero-order valence-electron chi connectivity index (χ0n) is 13.4. The average Bonchev–Trinajstić information content (AvgIpc) is 2.65. The van der Waals surface area contributed by atoms with Gasteiger partial charge in [-0.3, -0.25) is 4.79 Å². The van der Waals surface area contributed by atoms with Crippen LogP contribution in [0.15, 0.2) is 71.2 Å². The number of carbonyl (C=O) groups is 1. The first kappa shape index (κ1) is 17.1. The van der Waals surface area contributed by atoms with Gasteiger partial charge in [0.2, 0.25) is 0 Å². The van der Waals surface area contributed by atoms with Crippen molar-refractivity contribution in [2.45, 2.75) is 6.42 Å². The van der Waals surface area contributed by atoms with Gasteiger partial charge in [0.05, 0.1) is 5.69 Å². The molecule has 0 unspecified atom stereocenters. The third kappa shape index (κ3) is 4.87. The number of anilines is 2. The van der Waals surface area contributed by atoms with Gasteiger partial charge >= 0.3 is 0 Å². The highest BCUT2D eigenvalue weighted by atomic mass is 79.9. The van der Waals surface area contributed by atoms with Crippen LogP contribution in [-0.4, -0.2) is 22.6 Å². The molecule has 3 aromatic rings. The monoisotopic (exact) mass is 396 g/mol. The Balaban J connectivity index is 1.54. The first-order valence-electron chi connectivity index (χ1n) is 7.90. The molecule has 5 nitrogen and oxygen atoms in total. The fourth-order valence-electron chi connectivity index (χ4n) is 2.28. The first-order chi connectivity index (χ1) is 12.2.